The van der Waals surface area contributed by atoms with Crippen molar-refractivity contribution in [2.45, 2.75) is 6.92 Å². The number of H-pyrrole nitrogens is 1. The van der Waals surface area contributed by atoms with Gasteiger partial charge < -0.3 is 10.3 Å². The van der Waals surface area contributed by atoms with Gasteiger partial charge in [-0.25, -0.2) is 0 Å². The number of carbonyl (C=O) groups is 1. The summed E-state index contributed by atoms with van der Waals surface area (Å²) in [5.74, 6) is -0.250. The van der Waals surface area contributed by atoms with E-state index in [0.717, 1.165) is 0 Å². The van der Waals surface area contributed by atoms with Crippen LogP contribution < -0.4 is 10.9 Å². The van der Waals surface area contributed by atoms with E-state index >= 15 is 0 Å². The van der Waals surface area contributed by atoms with Crippen LogP contribution in [0, 0.1) is 0 Å². The van der Waals surface area contributed by atoms with Crippen molar-refractivity contribution in [2.75, 3.05) is 6.54 Å². The first-order valence-electron chi connectivity index (χ1n) is 3.82. The molecule has 70 valence electrons. The number of hydrogen-bond donors (Lipinski definition) is 2. The largest absolute Gasteiger partial charge is 0.352 e. The molecule has 1 aromatic heterocycles. The van der Waals surface area contributed by atoms with Crippen LogP contribution in [-0.4, -0.2) is 17.4 Å². The van der Waals surface area contributed by atoms with Gasteiger partial charge in [0.05, 0.1) is 10.0 Å². The van der Waals surface area contributed by atoms with Gasteiger partial charge in [0.15, 0.2) is 0 Å². The molecule has 13 heavy (non-hydrogen) atoms. The maximum absolute atomic E-state index is 11.3. The predicted octanol–water partition coefficient (Wildman–Crippen LogP) is 0.887. The third-order valence-electron chi connectivity index (χ3n) is 1.48. The first-order valence-corrected chi connectivity index (χ1v) is 4.61. The monoisotopic (exact) mass is 244 g/mol. The van der Waals surface area contributed by atoms with Crippen LogP contribution in [0.25, 0.3) is 0 Å². The highest BCUT2D eigenvalue weighted by Gasteiger charge is 2.10. The Hall–Kier alpha value is -1.10. The zero-order valence-corrected chi connectivity index (χ0v) is 8.64. The first-order chi connectivity index (χ1) is 6.16. The van der Waals surface area contributed by atoms with Crippen LogP contribution in [0.2, 0.25) is 0 Å². The van der Waals surface area contributed by atoms with Gasteiger partial charge in [-0.05, 0) is 28.9 Å². The minimum Gasteiger partial charge on any atom is -0.352 e. The van der Waals surface area contributed by atoms with Crippen molar-refractivity contribution in [3.05, 3.63) is 32.7 Å². The molecule has 4 nitrogen and oxygen atoms in total. The summed E-state index contributed by atoms with van der Waals surface area (Å²) in [6, 6.07) is 1.55. The predicted molar refractivity (Wildman–Crippen MR) is 52.8 cm³/mol. The standard InChI is InChI=1S/C8H9BrN2O2/c1-2-10-7(12)5-3-4-11-8(13)6(5)9/h3-4H,2H2,1H3,(H,10,12)(H,11,13). The fourth-order valence-corrected chi connectivity index (χ4v) is 1.32. The lowest BCUT2D eigenvalue weighted by molar-refractivity contribution is 0.0955. The van der Waals surface area contributed by atoms with Crippen LogP contribution in [0.3, 0.4) is 0 Å². The minimum absolute atomic E-state index is 0.250. The molecule has 0 bridgehead atoms. The number of pyridine rings is 1. The second-order valence-electron chi connectivity index (χ2n) is 2.39. The highest BCUT2D eigenvalue weighted by molar-refractivity contribution is 9.10. The number of amides is 1. The van der Waals surface area contributed by atoms with E-state index in [1.165, 1.54) is 6.20 Å². The third kappa shape index (κ3) is 2.18. The zero-order chi connectivity index (χ0) is 9.84. The number of hydrogen-bond acceptors (Lipinski definition) is 2. The molecule has 1 amide bonds. The summed E-state index contributed by atoms with van der Waals surface area (Å²) in [6.45, 7) is 2.36. The average molecular weight is 245 g/mol. The zero-order valence-electron chi connectivity index (χ0n) is 7.06. The van der Waals surface area contributed by atoms with Crippen LogP contribution in [0.1, 0.15) is 17.3 Å². The van der Waals surface area contributed by atoms with E-state index in [0.29, 0.717) is 12.1 Å². The lowest BCUT2D eigenvalue weighted by Gasteiger charge is -2.02. The number of aromatic nitrogens is 1. The summed E-state index contributed by atoms with van der Waals surface area (Å²) in [6.07, 6.45) is 1.44. The molecule has 0 saturated heterocycles. The van der Waals surface area contributed by atoms with E-state index in [9.17, 15) is 9.59 Å². The molecule has 0 unspecified atom stereocenters. The average Bonchev–Trinajstić information content (AvgIpc) is 2.10. The highest BCUT2D eigenvalue weighted by atomic mass is 79.9. The van der Waals surface area contributed by atoms with Gasteiger partial charge >= 0.3 is 0 Å². The lowest BCUT2D eigenvalue weighted by atomic mass is 10.2. The molecule has 0 spiro atoms. The first kappa shape index (κ1) is 9.98. The van der Waals surface area contributed by atoms with Crippen molar-refractivity contribution in [1.82, 2.24) is 10.3 Å². The Kier molecular flexibility index (Phi) is 3.25. The molecule has 0 aliphatic rings. The molecular weight excluding hydrogens is 236 g/mol. The molecule has 0 aliphatic carbocycles. The van der Waals surface area contributed by atoms with Gasteiger partial charge in [-0.15, -0.1) is 0 Å². The molecule has 1 rings (SSSR count). The van der Waals surface area contributed by atoms with Crippen molar-refractivity contribution in [3.8, 4) is 0 Å². The quantitative estimate of drug-likeness (QED) is 0.812. The van der Waals surface area contributed by atoms with Crippen molar-refractivity contribution in [1.29, 1.82) is 0 Å². The molecule has 0 radical (unpaired) electrons. The number of halogens is 1. The van der Waals surface area contributed by atoms with Crippen LogP contribution >= 0.6 is 15.9 Å². The van der Waals surface area contributed by atoms with Crippen LogP contribution in [-0.2, 0) is 0 Å². The number of nitrogens with one attached hydrogen (secondary N) is 2. The number of carbonyl (C=O) groups excluding carboxylic acids is 1. The maximum atomic E-state index is 11.3. The van der Waals surface area contributed by atoms with Crippen molar-refractivity contribution < 1.29 is 4.79 Å². The van der Waals surface area contributed by atoms with Crippen LogP contribution in [0.5, 0.6) is 0 Å². The van der Waals surface area contributed by atoms with E-state index in [1.54, 1.807) is 6.07 Å². The van der Waals surface area contributed by atoms with Gasteiger partial charge in [-0.1, -0.05) is 0 Å². The van der Waals surface area contributed by atoms with Crippen molar-refractivity contribution >= 4 is 21.8 Å². The molecule has 0 fully saturated rings. The molecular formula is C8H9BrN2O2. The van der Waals surface area contributed by atoms with E-state index in [2.05, 4.69) is 26.2 Å². The smallest absolute Gasteiger partial charge is 0.263 e. The molecule has 1 heterocycles. The van der Waals surface area contributed by atoms with Gasteiger partial charge in [0.1, 0.15) is 0 Å². The SMILES string of the molecule is CCNC(=O)c1cc[nH]c(=O)c1Br. The van der Waals surface area contributed by atoms with Crippen LogP contribution in [0.15, 0.2) is 21.5 Å². The molecule has 0 saturated carbocycles. The van der Waals surface area contributed by atoms with Gasteiger partial charge in [0, 0.05) is 12.7 Å². The summed E-state index contributed by atoms with van der Waals surface area (Å²) in [5.41, 5.74) is 0.0503. The second-order valence-corrected chi connectivity index (χ2v) is 3.19. The normalized spacial score (nSPS) is 9.69. The Balaban J connectivity index is 3.08. The molecule has 0 aromatic carbocycles. The summed E-state index contributed by atoms with van der Waals surface area (Å²) >= 11 is 3.05. The summed E-state index contributed by atoms with van der Waals surface area (Å²) in [5, 5.41) is 2.61. The van der Waals surface area contributed by atoms with E-state index < -0.39 is 0 Å². The van der Waals surface area contributed by atoms with Gasteiger partial charge in [-0.2, -0.15) is 0 Å². The molecule has 5 heteroatoms. The highest BCUT2D eigenvalue weighted by Crippen LogP contribution is 2.09. The van der Waals surface area contributed by atoms with Gasteiger partial charge in [0.25, 0.3) is 11.5 Å². The van der Waals surface area contributed by atoms with Crippen LogP contribution in [0.4, 0.5) is 0 Å². The van der Waals surface area contributed by atoms with E-state index in [4.69, 9.17) is 0 Å². The number of aromatic amines is 1. The second kappa shape index (κ2) is 4.23. The fraction of sp³-hybridized carbons (Fsp3) is 0.250. The molecule has 0 atom stereocenters. The van der Waals surface area contributed by atoms with Gasteiger partial charge in [-0.3, -0.25) is 9.59 Å². The van der Waals surface area contributed by atoms with Gasteiger partial charge in [0.2, 0.25) is 0 Å². The maximum Gasteiger partial charge on any atom is 0.263 e. The lowest BCUT2D eigenvalue weighted by Crippen LogP contribution is -2.25. The minimum atomic E-state index is -0.302. The number of rotatable bonds is 2. The topological polar surface area (TPSA) is 62.0 Å². The molecule has 0 aliphatic heterocycles. The Labute approximate surface area is 83.5 Å². The Morgan fingerprint density at radius 3 is 3.00 bits per heavy atom. The van der Waals surface area contributed by atoms with E-state index in [1.807, 2.05) is 6.92 Å². The van der Waals surface area contributed by atoms with E-state index in [-0.39, 0.29) is 15.9 Å². The Morgan fingerprint density at radius 1 is 1.69 bits per heavy atom. The Morgan fingerprint density at radius 2 is 2.38 bits per heavy atom. The summed E-state index contributed by atoms with van der Waals surface area (Å²) in [7, 11) is 0. The van der Waals surface area contributed by atoms with Crippen molar-refractivity contribution in [3.63, 3.8) is 0 Å². The molecule has 1 aromatic rings. The molecule has 2 N–H and O–H groups in total. The fourth-order valence-electron chi connectivity index (χ4n) is 0.891. The Bertz CT molecular complexity index is 373. The summed E-state index contributed by atoms with van der Waals surface area (Å²) < 4.78 is 0.265. The van der Waals surface area contributed by atoms with Crippen molar-refractivity contribution in [2.24, 2.45) is 0 Å². The summed E-state index contributed by atoms with van der Waals surface area (Å²) in [4.78, 5) is 24.8. The third-order valence-corrected chi connectivity index (χ3v) is 2.27.